The molecule has 0 amide bonds. The first kappa shape index (κ1) is 20.9. The van der Waals surface area contributed by atoms with Gasteiger partial charge in [-0.3, -0.25) is 4.98 Å². The van der Waals surface area contributed by atoms with E-state index in [2.05, 4.69) is 35.7 Å². The van der Waals surface area contributed by atoms with Crippen molar-refractivity contribution in [3.8, 4) is 0 Å². The number of hydrogen-bond acceptors (Lipinski definition) is 7. The molecule has 1 aliphatic carbocycles. The molecule has 4 heterocycles. The van der Waals surface area contributed by atoms with Crippen LogP contribution in [0.1, 0.15) is 36.3 Å². The van der Waals surface area contributed by atoms with Crippen LogP contribution >= 0.6 is 0 Å². The zero-order valence-electron chi connectivity index (χ0n) is 16.6. The van der Waals surface area contributed by atoms with Gasteiger partial charge in [-0.25, -0.2) is 28.4 Å². The Morgan fingerprint density at radius 1 is 1.09 bits per heavy atom. The summed E-state index contributed by atoms with van der Waals surface area (Å²) in [5.74, 6) is 0.692. The second-order valence-electron chi connectivity index (χ2n) is 8.08. The van der Waals surface area contributed by atoms with Gasteiger partial charge in [0.2, 0.25) is 0 Å². The van der Waals surface area contributed by atoms with Crippen molar-refractivity contribution in [3.05, 3.63) is 36.2 Å². The molecule has 0 bridgehead atoms. The van der Waals surface area contributed by atoms with Crippen molar-refractivity contribution < 1.29 is 22.0 Å². The average Bonchev–Trinajstić information content (AvgIpc) is 3.45. The number of aromatic nitrogens is 6. The minimum atomic E-state index is -4.53. The Morgan fingerprint density at radius 3 is 2.66 bits per heavy atom. The molecule has 32 heavy (non-hydrogen) atoms. The van der Waals surface area contributed by atoms with Crippen LogP contribution < -0.4 is 10.6 Å². The fraction of sp³-hybridized carbons (Fsp3) is 0.526. The van der Waals surface area contributed by atoms with Crippen molar-refractivity contribution in [3.63, 3.8) is 0 Å². The number of halogens is 5. The third kappa shape index (κ3) is 3.85. The summed E-state index contributed by atoms with van der Waals surface area (Å²) in [6, 6.07) is -0.190. The average molecular weight is 454 g/mol. The summed E-state index contributed by atoms with van der Waals surface area (Å²) >= 11 is 0. The third-order valence-corrected chi connectivity index (χ3v) is 6.12. The summed E-state index contributed by atoms with van der Waals surface area (Å²) in [5, 5.41) is 10.3. The Hall–Kier alpha value is -2.96. The monoisotopic (exact) mass is 454 g/mol. The molecule has 3 aromatic rings. The third-order valence-electron chi connectivity index (χ3n) is 6.12. The molecule has 3 aromatic heterocycles. The lowest BCUT2D eigenvalue weighted by Crippen LogP contribution is -2.22. The van der Waals surface area contributed by atoms with Crippen molar-refractivity contribution in [2.75, 3.05) is 18.4 Å². The van der Waals surface area contributed by atoms with Crippen LogP contribution in [0.25, 0.3) is 11.2 Å². The second-order valence-corrected chi connectivity index (χ2v) is 8.08. The minimum absolute atomic E-state index is 0.00848. The van der Waals surface area contributed by atoms with Crippen molar-refractivity contribution in [2.24, 2.45) is 11.8 Å². The van der Waals surface area contributed by atoms with Crippen LogP contribution in [0.2, 0.25) is 0 Å². The lowest BCUT2D eigenvalue weighted by molar-refractivity contribution is -0.141. The highest BCUT2D eigenvalue weighted by atomic mass is 19.4. The van der Waals surface area contributed by atoms with E-state index in [1.54, 1.807) is 10.9 Å². The number of rotatable bonds is 5. The Balaban J connectivity index is 1.35. The number of anilines is 1. The van der Waals surface area contributed by atoms with Gasteiger partial charge >= 0.3 is 6.18 Å². The fourth-order valence-electron chi connectivity index (χ4n) is 4.72. The van der Waals surface area contributed by atoms with Crippen molar-refractivity contribution in [2.45, 2.75) is 37.5 Å². The number of alkyl halides is 5. The van der Waals surface area contributed by atoms with E-state index >= 15 is 0 Å². The molecule has 170 valence electrons. The van der Waals surface area contributed by atoms with Crippen LogP contribution in [0.5, 0.6) is 0 Å². The Bertz CT molecular complexity index is 1100. The van der Waals surface area contributed by atoms with Gasteiger partial charge in [0.05, 0.1) is 49.1 Å². The Labute approximate surface area is 178 Å². The summed E-state index contributed by atoms with van der Waals surface area (Å²) in [6.07, 6.45) is -0.584. The highest BCUT2D eigenvalue weighted by Crippen LogP contribution is 2.48. The molecular weight excluding hydrogens is 435 g/mol. The van der Waals surface area contributed by atoms with E-state index in [-0.39, 0.29) is 23.8 Å². The number of fused-ring (bicyclic) bond motifs is 2. The van der Waals surface area contributed by atoms with Crippen LogP contribution in [-0.2, 0) is 6.18 Å². The SMILES string of the molecule is FC(F)CNc1cnc2cnn([C@H]3C[C@@H]4CN[C@H](c5cnc(C(F)(F)F)cn5)[C@H]4C3)c2n1. The summed E-state index contributed by atoms with van der Waals surface area (Å²) < 4.78 is 65.1. The predicted octanol–water partition coefficient (Wildman–Crippen LogP) is 3.22. The Kier molecular flexibility index (Phi) is 5.14. The maximum atomic E-state index is 12.8. The van der Waals surface area contributed by atoms with Gasteiger partial charge in [0.1, 0.15) is 11.3 Å². The molecule has 0 spiro atoms. The van der Waals surface area contributed by atoms with Crippen molar-refractivity contribution >= 4 is 17.0 Å². The minimum Gasteiger partial charge on any atom is -0.363 e. The standard InChI is InChI=1S/C19H19F5N8/c20-15(21)7-28-16-8-26-13-5-30-32(18(13)31-16)10-1-9-3-29-17(11(9)2-10)12-4-27-14(6-25-12)19(22,23)24/h4-6,8-11,15,17,29H,1-3,7H2,(H,28,31)/t9-,10+,11+,17+/m1/s1. The molecule has 8 nitrogen and oxygen atoms in total. The quantitative estimate of drug-likeness (QED) is 0.572. The van der Waals surface area contributed by atoms with Crippen LogP contribution in [0, 0.1) is 11.8 Å². The summed E-state index contributed by atoms with van der Waals surface area (Å²) in [7, 11) is 0. The first-order chi connectivity index (χ1) is 15.3. The van der Waals surface area contributed by atoms with Gasteiger partial charge in [0.15, 0.2) is 11.3 Å². The molecule has 1 aliphatic heterocycles. The fourth-order valence-corrected chi connectivity index (χ4v) is 4.72. The maximum absolute atomic E-state index is 12.8. The maximum Gasteiger partial charge on any atom is 0.434 e. The van der Waals surface area contributed by atoms with Crippen LogP contribution in [0.4, 0.5) is 27.8 Å². The van der Waals surface area contributed by atoms with Gasteiger partial charge in [0.25, 0.3) is 6.43 Å². The van der Waals surface area contributed by atoms with E-state index < -0.39 is 24.8 Å². The van der Waals surface area contributed by atoms with Gasteiger partial charge in [-0.1, -0.05) is 0 Å². The summed E-state index contributed by atoms with van der Waals surface area (Å²) in [6.45, 7) is 0.185. The molecule has 13 heteroatoms. The lowest BCUT2D eigenvalue weighted by Gasteiger charge is -2.19. The topological polar surface area (TPSA) is 93.4 Å². The van der Waals surface area contributed by atoms with Gasteiger partial charge < -0.3 is 10.6 Å². The number of nitrogens with zero attached hydrogens (tertiary/aromatic N) is 6. The highest BCUT2D eigenvalue weighted by molar-refractivity contribution is 5.71. The highest BCUT2D eigenvalue weighted by Gasteiger charge is 2.46. The largest absolute Gasteiger partial charge is 0.434 e. The molecule has 0 radical (unpaired) electrons. The molecule has 1 saturated heterocycles. The van der Waals surface area contributed by atoms with E-state index in [1.807, 2.05) is 0 Å². The van der Waals surface area contributed by atoms with E-state index in [4.69, 9.17) is 0 Å². The first-order valence-corrected chi connectivity index (χ1v) is 10.1. The van der Waals surface area contributed by atoms with Crippen LogP contribution in [0.3, 0.4) is 0 Å². The molecule has 2 aliphatic rings. The molecule has 2 N–H and O–H groups in total. The predicted molar refractivity (Wildman–Crippen MR) is 103 cm³/mol. The van der Waals surface area contributed by atoms with Crippen LogP contribution in [0.15, 0.2) is 24.8 Å². The molecule has 0 aromatic carbocycles. The van der Waals surface area contributed by atoms with Crippen molar-refractivity contribution in [1.82, 2.24) is 35.0 Å². The first-order valence-electron chi connectivity index (χ1n) is 10.1. The van der Waals surface area contributed by atoms with E-state index in [0.717, 1.165) is 19.0 Å². The van der Waals surface area contributed by atoms with Crippen molar-refractivity contribution in [1.29, 1.82) is 0 Å². The smallest absolute Gasteiger partial charge is 0.363 e. The normalized spacial score (nSPS) is 25.6. The summed E-state index contributed by atoms with van der Waals surface area (Å²) in [5.41, 5.74) is 0.536. The van der Waals surface area contributed by atoms with Gasteiger partial charge in [0, 0.05) is 0 Å². The molecule has 2 fully saturated rings. The van der Waals surface area contributed by atoms with Gasteiger partial charge in [-0.05, 0) is 31.2 Å². The summed E-state index contributed by atoms with van der Waals surface area (Å²) in [4.78, 5) is 16.2. The zero-order valence-corrected chi connectivity index (χ0v) is 16.6. The number of nitrogens with one attached hydrogen (secondary N) is 2. The molecule has 4 atom stereocenters. The van der Waals surface area contributed by atoms with Crippen LogP contribution in [-0.4, -0.2) is 49.2 Å². The second kappa shape index (κ2) is 7.87. The molecule has 0 unspecified atom stereocenters. The van der Waals surface area contributed by atoms with Gasteiger partial charge in [-0.2, -0.15) is 18.3 Å². The Morgan fingerprint density at radius 2 is 1.94 bits per heavy atom. The van der Waals surface area contributed by atoms with E-state index in [0.29, 0.717) is 29.3 Å². The molecule has 1 saturated carbocycles. The number of hydrogen-bond donors (Lipinski definition) is 2. The zero-order chi connectivity index (χ0) is 22.5. The lowest BCUT2D eigenvalue weighted by atomic mass is 9.92. The van der Waals surface area contributed by atoms with E-state index in [9.17, 15) is 22.0 Å². The molecular formula is C19H19F5N8. The molecule has 5 rings (SSSR count). The van der Waals surface area contributed by atoms with E-state index in [1.165, 1.54) is 12.4 Å². The van der Waals surface area contributed by atoms with Gasteiger partial charge in [-0.15, -0.1) is 0 Å².